The summed E-state index contributed by atoms with van der Waals surface area (Å²) in [4.78, 5) is 33.0. The number of carbonyl (C=O) groups excluding carboxylic acids is 1. The van der Waals surface area contributed by atoms with Gasteiger partial charge in [0.15, 0.2) is 0 Å². The minimum atomic E-state index is -0.254. The number of hydrogen-bond donors (Lipinski definition) is 0. The Bertz CT molecular complexity index is 1940. The van der Waals surface area contributed by atoms with E-state index in [0.29, 0.717) is 18.2 Å². The first kappa shape index (κ1) is 39.9. The molecule has 4 aliphatic heterocycles. The molecule has 0 fully saturated rings. The monoisotopic (exact) mass is 798 g/mol. The van der Waals surface area contributed by atoms with E-state index >= 15 is 0 Å². The number of ether oxygens (including phenoxy) is 2. The molecule has 5 heterocycles. The standard InChI is InChI=1S/C40H49N4O4.ClH.In/c1-9-11-12-13-16-48-25(7)37-23(5)31-18-30-22(4)27(14-15-36(46)47-8)39(43-30)28-17-35(45)38-24(6)32(44-40(28)38)19-33-26(10-2)21(3)29(41-33)20-34(37)42-31;;/h18-20,22,25,27H,9-17H2,1-8H3,(H-,41,42,43,44,45);1H;/q-1;;+3/p-2/t22-,25?,27-;;/m0../s1. The number of hydrogen-bond acceptors (Lipinski definition) is 7. The molecule has 10 heteroatoms. The predicted octanol–water partition coefficient (Wildman–Crippen LogP) is 2.32. The first-order chi connectivity index (χ1) is 23.1. The van der Waals surface area contributed by atoms with Crippen LogP contribution in [0.15, 0.2) is 66.5 Å². The van der Waals surface area contributed by atoms with Crippen molar-refractivity contribution in [2.24, 2.45) is 26.8 Å². The number of aliphatic imine (C=N–C) groups is 3. The maximum atomic E-state index is 13.6. The van der Waals surface area contributed by atoms with Gasteiger partial charge in [-0.3, -0.25) is 9.79 Å². The summed E-state index contributed by atoms with van der Waals surface area (Å²) in [6.45, 7) is 15.6. The number of fused-ring (bicyclic) bond motifs is 5. The predicted molar refractivity (Wildman–Crippen MR) is 197 cm³/mol. The molecule has 0 radical (unpaired) electrons. The van der Waals surface area contributed by atoms with E-state index in [1.807, 2.05) is 13.0 Å². The van der Waals surface area contributed by atoms with Crippen molar-refractivity contribution in [1.82, 2.24) is 4.98 Å². The molecule has 1 aromatic rings. The zero-order chi connectivity index (χ0) is 34.3. The first-order valence-corrected chi connectivity index (χ1v) is 17.7. The van der Waals surface area contributed by atoms with Crippen molar-refractivity contribution in [2.45, 2.75) is 106 Å². The number of nitrogens with zero attached hydrogens (tertiary/aromatic N) is 4. The Kier molecular flexibility index (Phi) is 13.3. The summed E-state index contributed by atoms with van der Waals surface area (Å²) in [5.41, 5.74) is 12.1. The van der Waals surface area contributed by atoms with Crippen molar-refractivity contribution >= 4 is 66.4 Å². The summed E-state index contributed by atoms with van der Waals surface area (Å²) in [5.74, 6) is -0.256. The molecule has 6 rings (SSSR count). The van der Waals surface area contributed by atoms with E-state index in [2.05, 4.69) is 53.7 Å². The fraction of sp³-hybridized carbons (Fsp3) is 0.500. The summed E-state index contributed by atoms with van der Waals surface area (Å²) in [5, 5.41) is 15.0. The summed E-state index contributed by atoms with van der Waals surface area (Å²) in [6.07, 6.45) is 12.6. The van der Waals surface area contributed by atoms with Crippen LogP contribution >= 0.6 is 0 Å². The van der Waals surface area contributed by atoms with Crippen molar-refractivity contribution in [3.63, 3.8) is 0 Å². The molecular weight excluding hydrogens is 751 g/mol. The van der Waals surface area contributed by atoms with E-state index in [1.54, 1.807) is 0 Å². The molecule has 8 bridgehead atoms. The Morgan fingerprint density at radius 3 is 2.44 bits per heavy atom. The number of aromatic nitrogens is 1. The van der Waals surface area contributed by atoms with Crippen LogP contribution in [0.5, 0.6) is 0 Å². The van der Waals surface area contributed by atoms with E-state index in [-0.39, 0.29) is 80.8 Å². The van der Waals surface area contributed by atoms with Crippen LogP contribution in [0.25, 0.3) is 17.4 Å². The molecular formula is C40H48ClInN4O4. The second-order valence-electron chi connectivity index (χ2n) is 13.6. The third kappa shape index (κ3) is 7.38. The molecule has 0 amide bonds. The number of allylic oxidation sites excluding steroid dienone is 6. The summed E-state index contributed by atoms with van der Waals surface area (Å²) in [7, 11) is 1.42. The maximum absolute atomic E-state index is 13.6. The van der Waals surface area contributed by atoms with Crippen LogP contribution in [0.4, 0.5) is 0 Å². The number of halogens is 1. The summed E-state index contributed by atoms with van der Waals surface area (Å²) >= 11 is 0. The van der Waals surface area contributed by atoms with Crippen molar-refractivity contribution in [3.8, 4) is 0 Å². The van der Waals surface area contributed by atoms with Crippen molar-refractivity contribution in [2.75, 3.05) is 13.7 Å². The zero-order valence-electron chi connectivity index (χ0n) is 30.7. The van der Waals surface area contributed by atoms with Crippen LogP contribution in [0.2, 0.25) is 0 Å². The third-order valence-electron chi connectivity index (χ3n) is 10.6. The van der Waals surface area contributed by atoms with Gasteiger partial charge in [0.1, 0.15) is 0 Å². The average Bonchev–Trinajstić information content (AvgIpc) is 3.82. The van der Waals surface area contributed by atoms with E-state index < -0.39 is 0 Å². The van der Waals surface area contributed by atoms with Gasteiger partial charge in [0.2, 0.25) is 0 Å². The smallest absolute Gasteiger partial charge is 1.00 e. The van der Waals surface area contributed by atoms with Crippen molar-refractivity contribution in [1.29, 1.82) is 0 Å². The molecule has 50 heavy (non-hydrogen) atoms. The Morgan fingerprint density at radius 1 is 1.02 bits per heavy atom. The molecule has 0 saturated carbocycles. The van der Waals surface area contributed by atoms with E-state index in [1.165, 1.54) is 20.0 Å². The number of carbonyl (C=O) groups is 1. The van der Waals surface area contributed by atoms with Gasteiger partial charge in [-0.2, -0.15) is 0 Å². The molecule has 0 spiro atoms. The van der Waals surface area contributed by atoms with Gasteiger partial charge in [-0.15, -0.1) is 16.8 Å². The number of unbranched alkanes of at least 4 members (excludes halogenated alkanes) is 3. The molecule has 1 unspecified atom stereocenters. The largest absolute Gasteiger partial charge is 3.00 e. The molecule has 8 nitrogen and oxygen atoms in total. The normalized spacial score (nSPS) is 21.3. The van der Waals surface area contributed by atoms with Crippen LogP contribution in [0, 0.1) is 18.8 Å². The number of methoxy groups -OCH3 is 1. The second-order valence-corrected chi connectivity index (χ2v) is 13.6. The summed E-state index contributed by atoms with van der Waals surface area (Å²) in [6, 6.07) is 0. The molecule has 0 N–H and O–H groups in total. The van der Waals surface area contributed by atoms with Crippen LogP contribution in [0.1, 0.15) is 104 Å². The van der Waals surface area contributed by atoms with E-state index in [4.69, 9.17) is 29.4 Å². The van der Waals surface area contributed by atoms with Gasteiger partial charge in [-0.05, 0) is 93.0 Å². The van der Waals surface area contributed by atoms with Gasteiger partial charge in [-0.25, -0.2) is 9.98 Å². The van der Waals surface area contributed by atoms with Crippen LogP contribution in [-0.2, 0) is 14.3 Å². The summed E-state index contributed by atoms with van der Waals surface area (Å²) < 4.78 is 11.4. The minimum Gasteiger partial charge on any atom is -1.00 e. The van der Waals surface area contributed by atoms with Crippen LogP contribution < -0.4 is 33.1 Å². The first-order valence-electron chi connectivity index (χ1n) is 17.7. The Morgan fingerprint density at radius 2 is 1.74 bits per heavy atom. The van der Waals surface area contributed by atoms with Gasteiger partial charge in [0.25, 0.3) is 0 Å². The number of rotatable bonds is 11. The fourth-order valence-electron chi connectivity index (χ4n) is 7.77. The molecule has 3 atom stereocenters. The zero-order valence-corrected chi connectivity index (χ0v) is 34.8. The fourth-order valence-corrected chi connectivity index (χ4v) is 7.77. The molecule has 1 aromatic heterocycles. The maximum Gasteiger partial charge on any atom is 3.00 e. The van der Waals surface area contributed by atoms with E-state index in [0.717, 1.165) is 98.0 Å². The van der Waals surface area contributed by atoms with Crippen molar-refractivity contribution < 1.29 is 31.8 Å². The SMILES string of the molecule is CCCCCCOC(C)C1=C(C)C2=NC1=CC1=NC(=Cc3[n-]c4c(c3C)=C([O-])CC=4C3=NC(=C2)[C@@H](C)[C@@H]3CCC(=O)OC)C(CC)=C1C.[Cl-].[In+3]. The minimum absolute atomic E-state index is 0. The Hall–Kier alpha value is -2.88. The topological polar surface area (TPSA) is 110 Å². The van der Waals surface area contributed by atoms with Gasteiger partial charge in [0, 0.05) is 41.8 Å². The second kappa shape index (κ2) is 16.6. The molecule has 262 valence electrons. The van der Waals surface area contributed by atoms with Gasteiger partial charge >= 0.3 is 31.8 Å². The van der Waals surface area contributed by atoms with Crippen LogP contribution in [-0.4, -0.2) is 68.8 Å². The molecule has 1 aliphatic carbocycles. The average molecular weight is 799 g/mol. The van der Waals surface area contributed by atoms with Gasteiger partial charge in [-0.1, -0.05) is 51.7 Å². The number of esters is 1. The van der Waals surface area contributed by atoms with Crippen molar-refractivity contribution in [3.05, 3.63) is 73.4 Å². The van der Waals surface area contributed by atoms with Gasteiger partial charge < -0.3 is 32.0 Å². The third-order valence-corrected chi connectivity index (χ3v) is 10.6. The van der Waals surface area contributed by atoms with Gasteiger partial charge in [0.05, 0.1) is 36.0 Å². The quantitative estimate of drug-likeness (QED) is 0.253. The molecule has 5 aliphatic rings. The Balaban J connectivity index is 0.00000281. The van der Waals surface area contributed by atoms with E-state index in [9.17, 15) is 9.90 Å². The van der Waals surface area contributed by atoms with Crippen LogP contribution in [0.3, 0.4) is 0 Å². The Labute approximate surface area is 321 Å². The molecule has 0 saturated heterocycles. The molecule has 0 aromatic carbocycles.